The monoisotopic (exact) mass is 242 g/mol. The molecule has 1 atom stereocenters. The van der Waals surface area contributed by atoms with E-state index >= 15 is 0 Å². The number of unbranched alkanes of at least 4 members (excludes halogenated alkanes) is 4. The van der Waals surface area contributed by atoms with E-state index in [4.69, 9.17) is 5.11 Å². The van der Waals surface area contributed by atoms with Gasteiger partial charge in [-0.15, -0.1) is 0 Å². The number of aliphatic hydroxyl groups is 1. The van der Waals surface area contributed by atoms with Crippen LogP contribution in [0.15, 0.2) is 0 Å². The number of rotatable bonds is 10. The standard InChI is InChI=1S/C14H30N2O/c1-2-3-4-5-6-10-16(11-12-17)13-14-8-7-9-15-14/h14-15,17H,2-13H2,1H3. The zero-order chi connectivity index (χ0) is 12.3. The average molecular weight is 242 g/mol. The van der Waals surface area contributed by atoms with E-state index < -0.39 is 0 Å². The van der Waals surface area contributed by atoms with E-state index in [0.717, 1.165) is 19.6 Å². The normalized spacial score (nSPS) is 20.3. The van der Waals surface area contributed by atoms with Gasteiger partial charge in [-0.3, -0.25) is 4.90 Å². The van der Waals surface area contributed by atoms with Gasteiger partial charge in [-0.2, -0.15) is 0 Å². The molecule has 17 heavy (non-hydrogen) atoms. The zero-order valence-electron chi connectivity index (χ0n) is 11.5. The van der Waals surface area contributed by atoms with Crippen molar-refractivity contribution >= 4 is 0 Å². The SMILES string of the molecule is CCCCCCCN(CCO)CC1CCCN1. The second-order valence-electron chi connectivity index (χ2n) is 5.23. The molecule has 1 rings (SSSR count). The molecule has 0 radical (unpaired) electrons. The molecule has 0 saturated carbocycles. The van der Waals surface area contributed by atoms with Crippen molar-refractivity contribution in [1.82, 2.24) is 10.2 Å². The molecule has 0 aromatic rings. The zero-order valence-corrected chi connectivity index (χ0v) is 11.5. The summed E-state index contributed by atoms with van der Waals surface area (Å²) in [6.07, 6.45) is 9.29. The summed E-state index contributed by atoms with van der Waals surface area (Å²) in [6.45, 7) is 6.84. The predicted molar refractivity (Wildman–Crippen MR) is 73.3 cm³/mol. The summed E-state index contributed by atoms with van der Waals surface area (Å²) in [4.78, 5) is 2.43. The Balaban J connectivity index is 2.08. The second-order valence-corrected chi connectivity index (χ2v) is 5.23. The molecule has 1 aliphatic heterocycles. The first-order valence-electron chi connectivity index (χ1n) is 7.43. The van der Waals surface area contributed by atoms with Crippen LogP contribution >= 0.6 is 0 Å². The first-order valence-corrected chi connectivity index (χ1v) is 7.43. The van der Waals surface area contributed by atoms with Crippen LogP contribution in [0.25, 0.3) is 0 Å². The summed E-state index contributed by atoms with van der Waals surface area (Å²) in [7, 11) is 0. The molecule has 0 aromatic carbocycles. The molecule has 1 heterocycles. The van der Waals surface area contributed by atoms with Crippen LogP contribution in [-0.2, 0) is 0 Å². The van der Waals surface area contributed by atoms with Gasteiger partial charge in [0.1, 0.15) is 0 Å². The maximum absolute atomic E-state index is 9.09. The molecule has 0 aromatic heterocycles. The maximum Gasteiger partial charge on any atom is 0.0558 e. The van der Waals surface area contributed by atoms with Crippen molar-refractivity contribution in [2.75, 3.05) is 32.8 Å². The highest BCUT2D eigenvalue weighted by atomic mass is 16.3. The fourth-order valence-corrected chi connectivity index (χ4v) is 2.60. The molecule has 1 aliphatic rings. The smallest absolute Gasteiger partial charge is 0.0558 e. The first kappa shape index (κ1) is 14.9. The Labute approximate surface area is 107 Å². The Hall–Kier alpha value is -0.120. The van der Waals surface area contributed by atoms with Crippen molar-refractivity contribution < 1.29 is 5.11 Å². The molecular formula is C14H30N2O. The van der Waals surface area contributed by atoms with Crippen molar-refractivity contribution in [2.24, 2.45) is 0 Å². The minimum absolute atomic E-state index is 0.293. The molecule has 0 aliphatic carbocycles. The number of hydrogen-bond donors (Lipinski definition) is 2. The van der Waals surface area contributed by atoms with E-state index in [9.17, 15) is 0 Å². The molecule has 1 saturated heterocycles. The van der Waals surface area contributed by atoms with Gasteiger partial charge in [-0.25, -0.2) is 0 Å². The minimum Gasteiger partial charge on any atom is -0.395 e. The Morgan fingerprint density at radius 1 is 1.18 bits per heavy atom. The van der Waals surface area contributed by atoms with Crippen LogP contribution in [0.4, 0.5) is 0 Å². The van der Waals surface area contributed by atoms with Gasteiger partial charge in [0, 0.05) is 19.1 Å². The molecular weight excluding hydrogens is 212 g/mol. The lowest BCUT2D eigenvalue weighted by Crippen LogP contribution is -2.39. The van der Waals surface area contributed by atoms with Crippen LogP contribution in [0.2, 0.25) is 0 Å². The molecule has 1 unspecified atom stereocenters. The lowest BCUT2D eigenvalue weighted by molar-refractivity contribution is 0.182. The lowest BCUT2D eigenvalue weighted by atomic mass is 10.1. The third kappa shape index (κ3) is 7.02. The summed E-state index contributed by atoms with van der Waals surface area (Å²) in [5.41, 5.74) is 0. The third-order valence-electron chi connectivity index (χ3n) is 3.64. The van der Waals surface area contributed by atoms with E-state index in [1.807, 2.05) is 0 Å². The van der Waals surface area contributed by atoms with Gasteiger partial charge >= 0.3 is 0 Å². The largest absolute Gasteiger partial charge is 0.395 e. The minimum atomic E-state index is 0.293. The van der Waals surface area contributed by atoms with E-state index in [2.05, 4.69) is 17.1 Å². The summed E-state index contributed by atoms with van der Waals surface area (Å²) in [5, 5.41) is 12.6. The van der Waals surface area contributed by atoms with Crippen LogP contribution in [0.1, 0.15) is 51.9 Å². The topological polar surface area (TPSA) is 35.5 Å². The van der Waals surface area contributed by atoms with Gasteiger partial charge in [0.05, 0.1) is 6.61 Å². The quantitative estimate of drug-likeness (QED) is 0.575. The molecule has 0 spiro atoms. The van der Waals surface area contributed by atoms with Gasteiger partial charge < -0.3 is 10.4 Å². The number of nitrogens with one attached hydrogen (secondary N) is 1. The van der Waals surface area contributed by atoms with E-state index in [-0.39, 0.29) is 0 Å². The van der Waals surface area contributed by atoms with Crippen LogP contribution in [-0.4, -0.2) is 48.8 Å². The fourth-order valence-electron chi connectivity index (χ4n) is 2.60. The van der Waals surface area contributed by atoms with E-state index in [1.54, 1.807) is 0 Å². The molecule has 3 nitrogen and oxygen atoms in total. The Morgan fingerprint density at radius 2 is 2.00 bits per heavy atom. The number of nitrogens with zero attached hydrogens (tertiary/aromatic N) is 1. The summed E-state index contributed by atoms with van der Waals surface area (Å²) in [6, 6.07) is 0.664. The number of aliphatic hydroxyl groups excluding tert-OH is 1. The predicted octanol–water partition coefficient (Wildman–Crippen LogP) is 2.00. The van der Waals surface area contributed by atoms with Gasteiger partial charge in [0.15, 0.2) is 0 Å². The first-order chi connectivity index (χ1) is 8.36. The molecule has 0 amide bonds. The van der Waals surface area contributed by atoms with Crippen LogP contribution < -0.4 is 5.32 Å². The highest BCUT2D eigenvalue weighted by Crippen LogP contribution is 2.09. The highest BCUT2D eigenvalue weighted by Gasteiger charge is 2.17. The fraction of sp³-hybridized carbons (Fsp3) is 1.00. The lowest BCUT2D eigenvalue weighted by Gasteiger charge is -2.24. The van der Waals surface area contributed by atoms with Gasteiger partial charge in [0.2, 0.25) is 0 Å². The van der Waals surface area contributed by atoms with Crippen molar-refractivity contribution in [3.05, 3.63) is 0 Å². The van der Waals surface area contributed by atoms with Crippen LogP contribution in [0.3, 0.4) is 0 Å². The Kier molecular flexibility index (Phi) is 8.67. The van der Waals surface area contributed by atoms with Crippen LogP contribution in [0, 0.1) is 0 Å². The van der Waals surface area contributed by atoms with E-state index in [0.29, 0.717) is 12.6 Å². The molecule has 0 bridgehead atoms. The van der Waals surface area contributed by atoms with Crippen molar-refractivity contribution in [3.63, 3.8) is 0 Å². The molecule has 2 N–H and O–H groups in total. The Bertz CT molecular complexity index is 170. The highest BCUT2D eigenvalue weighted by molar-refractivity contribution is 4.77. The Morgan fingerprint density at radius 3 is 2.65 bits per heavy atom. The van der Waals surface area contributed by atoms with Crippen molar-refractivity contribution in [3.8, 4) is 0 Å². The van der Waals surface area contributed by atoms with E-state index in [1.165, 1.54) is 51.5 Å². The molecule has 1 fully saturated rings. The molecule has 102 valence electrons. The maximum atomic E-state index is 9.09. The molecule has 3 heteroatoms. The van der Waals surface area contributed by atoms with Gasteiger partial charge in [-0.1, -0.05) is 32.6 Å². The summed E-state index contributed by atoms with van der Waals surface area (Å²) < 4.78 is 0. The van der Waals surface area contributed by atoms with Gasteiger partial charge in [-0.05, 0) is 32.4 Å². The summed E-state index contributed by atoms with van der Waals surface area (Å²) in [5.74, 6) is 0. The summed E-state index contributed by atoms with van der Waals surface area (Å²) >= 11 is 0. The average Bonchev–Trinajstić information content (AvgIpc) is 2.82. The van der Waals surface area contributed by atoms with Crippen molar-refractivity contribution in [1.29, 1.82) is 0 Å². The number of hydrogen-bond acceptors (Lipinski definition) is 3. The van der Waals surface area contributed by atoms with Crippen molar-refractivity contribution in [2.45, 2.75) is 57.9 Å². The van der Waals surface area contributed by atoms with Crippen LogP contribution in [0.5, 0.6) is 0 Å². The third-order valence-corrected chi connectivity index (χ3v) is 3.64. The van der Waals surface area contributed by atoms with Gasteiger partial charge in [0.25, 0.3) is 0 Å². The second kappa shape index (κ2) is 9.86.